The van der Waals surface area contributed by atoms with E-state index in [1.54, 1.807) is 54.5 Å². The summed E-state index contributed by atoms with van der Waals surface area (Å²) in [7, 11) is 3.05. The maximum atomic E-state index is 12.4. The summed E-state index contributed by atoms with van der Waals surface area (Å²) in [4.78, 5) is 26.2. The molecule has 0 aliphatic heterocycles. The summed E-state index contributed by atoms with van der Waals surface area (Å²) < 4.78 is 4.83. The average molecular weight is 433 g/mol. The first-order valence-electron chi connectivity index (χ1n) is 8.64. The van der Waals surface area contributed by atoms with Crippen molar-refractivity contribution in [2.45, 2.75) is 6.54 Å². The molecule has 0 spiro atoms. The van der Waals surface area contributed by atoms with Crippen molar-refractivity contribution in [3.8, 4) is 0 Å². The van der Waals surface area contributed by atoms with E-state index in [4.69, 9.17) is 27.9 Å². The van der Waals surface area contributed by atoms with Gasteiger partial charge in [-0.1, -0.05) is 23.2 Å². The molecular formula is C20H18Cl2N4O3. The Hall–Kier alpha value is -2.90. The first kappa shape index (κ1) is 20.8. The molecule has 0 atom stereocenters. The number of amides is 1. The Labute approximate surface area is 177 Å². The second-order valence-electron chi connectivity index (χ2n) is 6.32. The molecule has 1 N–H and O–H groups in total. The highest BCUT2D eigenvalue weighted by Crippen LogP contribution is 2.36. The molecule has 3 aromatic rings. The van der Waals surface area contributed by atoms with E-state index in [0.29, 0.717) is 37.8 Å². The number of anilines is 1. The van der Waals surface area contributed by atoms with Crippen molar-refractivity contribution in [1.29, 1.82) is 0 Å². The van der Waals surface area contributed by atoms with E-state index >= 15 is 0 Å². The van der Waals surface area contributed by atoms with E-state index in [2.05, 4.69) is 15.5 Å². The molecular weight excluding hydrogens is 415 g/mol. The van der Waals surface area contributed by atoms with Gasteiger partial charge in [-0.2, -0.15) is 10.2 Å². The normalized spacial score (nSPS) is 10.6. The minimum absolute atomic E-state index is 0.0406. The molecule has 7 nitrogen and oxygen atoms in total. The molecule has 0 fully saturated rings. The van der Waals surface area contributed by atoms with E-state index in [-0.39, 0.29) is 19.0 Å². The van der Waals surface area contributed by atoms with E-state index in [0.717, 1.165) is 0 Å². The maximum absolute atomic E-state index is 12.4. The summed E-state index contributed by atoms with van der Waals surface area (Å²) in [5, 5.41) is 12.7. The van der Waals surface area contributed by atoms with Crippen molar-refractivity contribution < 1.29 is 14.3 Å². The van der Waals surface area contributed by atoms with Crippen LogP contribution in [-0.4, -0.2) is 42.8 Å². The maximum Gasteiger partial charge on any atom is 0.337 e. The van der Waals surface area contributed by atoms with Crippen LogP contribution in [0.2, 0.25) is 10.0 Å². The molecule has 1 aromatic heterocycles. The zero-order valence-electron chi connectivity index (χ0n) is 15.8. The number of methoxy groups -OCH3 is 1. The van der Waals surface area contributed by atoms with Gasteiger partial charge in [0.1, 0.15) is 0 Å². The molecule has 29 heavy (non-hydrogen) atoms. The molecule has 3 rings (SSSR count). The standard InChI is InChI=1S/C20H18Cl2N4O3/c1-26(11-18(27)23-10-15-4-3-5-24-25-15)17-8-13(20(28)29-2)6-12-7-14(21)9-16(22)19(12)17/h3-9H,10-11H2,1-2H3,(H,23,27). The Balaban J connectivity index is 1.88. The van der Waals surface area contributed by atoms with E-state index < -0.39 is 5.97 Å². The van der Waals surface area contributed by atoms with Crippen molar-refractivity contribution in [2.75, 3.05) is 25.6 Å². The molecule has 0 saturated heterocycles. The molecule has 0 aliphatic carbocycles. The Morgan fingerprint density at radius 3 is 2.69 bits per heavy atom. The fraction of sp³-hybridized carbons (Fsp3) is 0.200. The lowest BCUT2D eigenvalue weighted by atomic mass is 10.0. The number of hydrogen-bond acceptors (Lipinski definition) is 6. The van der Waals surface area contributed by atoms with Crippen molar-refractivity contribution >= 4 is 51.5 Å². The Kier molecular flexibility index (Phi) is 6.51. The number of carbonyl (C=O) groups excluding carboxylic acids is 2. The van der Waals surface area contributed by atoms with Crippen LogP contribution in [-0.2, 0) is 16.1 Å². The van der Waals surface area contributed by atoms with Crippen molar-refractivity contribution in [2.24, 2.45) is 0 Å². The third-order valence-electron chi connectivity index (χ3n) is 4.25. The zero-order valence-corrected chi connectivity index (χ0v) is 17.3. The number of esters is 1. The number of aromatic nitrogens is 2. The van der Waals surface area contributed by atoms with E-state index in [1.165, 1.54) is 7.11 Å². The van der Waals surface area contributed by atoms with Crippen LogP contribution in [0.25, 0.3) is 10.8 Å². The van der Waals surface area contributed by atoms with Crippen molar-refractivity contribution in [3.05, 3.63) is 63.9 Å². The smallest absolute Gasteiger partial charge is 0.337 e. The quantitative estimate of drug-likeness (QED) is 0.600. The number of hydrogen-bond donors (Lipinski definition) is 1. The summed E-state index contributed by atoms with van der Waals surface area (Å²) in [5.41, 5.74) is 1.60. The molecule has 2 aromatic carbocycles. The Morgan fingerprint density at radius 2 is 2.00 bits per heavy atom. The Bertz CT molecular complexity index is 1060. The van der Waals surface area contributed by atoms with Gasteiger partial charge in [-0.25, -0.2) is 4.79 Å². The van der Waals surface area contributed by atoms with Crippen molar-refractivity contribution in [1.82, 2.24) is 15.5 Å². The van der Waals surface area contributed by atoms with Gasteiger partial charge in [0, 0.05) is 29.3 Å². The summed E-state index contributed by atoms with van der Waals surface area (Å²) in [5.74, 6) is -0.718. The van der Waals surface area contributed by atoms with Gasteiger partial charge in [0.05, 0.1) is 36.5 Å². The third-order valence-corrected chi connectivity index (χ3v) is 4.77. The summed E-state index contributed by atoms with van der Waals surface area (Å²) in [6, 6.07) is 10.1. The van der Waals surface area contributed by atoms with Crippen LogP contribution >= 0.6 is 23.2 Å². The molecule has 0 aliphatic rings. The first-order chi connectivity index (χ1) is 13.9. The molecule has 150 valence electrons. The van der Waals surface area contributed by atoms with Crippen LogP contribution in [0.3, 0.4) is 0 Å². The van der Waals surface area contributed by atoms with Gasteiger partial charge in [-0.15, -0.1) is 0 Å². The minimum atomic E-state index is -0.496. The lowest BCUT2D eigenvalue weighted by Crippen LogP contribution is -2.35. The predicted molar refractivity (Wildman–Crippen MR) is 112 cm³/mol. The highest BCUT2D eigenvalue weighted by atomic mass is 35.5. The molecule has 9 heteroatoms. The van der Waals surface area contributed by atoms with E-state index in [9.17, 15) is 9.59 Å². The number of likely N-dealkylation sites (N-methyl/N-ethyl adjacent to an activating group) is 1. The number of fused-ring (bicyclic) bond motifs is 1. The highest BCUT2D eigenvalue weighted by Gasteiger charge is 2.17. The average Bonchev–Trinajstić information content (AvgIpc) is 2.71. The lowest BCUT2D eigenvalue weighted by Gasteiger charge is -2.22. The highest BCUT2D eigenvalue weighted by molar-refractivity contribution is 6.39. The summed E-state index contributed by atoms with van der Waals surface area (Å²) in [6.07, 6.45) is 1.56. The number of ether oxygens (including phenoxy) is 1. The molecule has 0 unspecified atom stereocenters. The number of halogens is 2. The first-order valence-corrected chi connectivity index (χ1v) is 9.40. The molecule has 1 heterocycles. The number of nitrogens with one attached hydrogen (secondary N) is 1. The predicted octanol–water partition coefficient (Wildman–Crippen LogP) is 3.48. The molecule has 0 saturated carbocycles. The molecule has 1 amide bonds. The largest absolute Gasteiger partial charge is 0.465 e. The van der Waals surface area contributed by atoms with Gasteiger partial charge in [-0.05, 0) is 41.8 Å². The fourth-order valence-electron chi connectivity index (χ4n) is 2.92. The SMILES string of the molecule is COC(=O)c1cc(N(C)CC(=O)NCc2cccnn2)c2c(Cl)cc(Cl)cc2c1. The number of rotatable bonds is 6. The van der Waals surface area contributed by atoms with Gasteiger partial charge >= 0.3 is 5.97 Å². The Morgan fingerprint density at radius 1 is 1.21 bits per heavy atom. The van der Waals surface area contributed by atoms with Gasteiger partial charge in [-0.3, -0.25) is 4.79 Å². The van der Waals surface area contributed by atoms with Crippen LogP contribution in [0.4, 0.5) is 5.69 Å². The monoisotopic (exact) mass is 432 g/mol. The second kappa shape index (κ2) is 9.07. The summed E-state index contributed by atoms with van der Waals surface area (Å²) >= 11 is 12.5. The summed E-state index contributed by atoms with van der Waals surface area (Å²) in [6.45, 7) is 0.304. The van der Waals surface area contributed by atoms with Crippen LogP contribution in [0, 0.1) is 0 Å². The van der Waals surface area contributed by atoms with Crippen LogP contribution in [0.15, 0.2) is 42.6 Å². The van der Waals surface area contributed by atoms with Gasteiger partial charge in [0.25, 0.3) is 0 Å². The van der Waals surface area contributed by atoms with Gasteiger partial charge in [0.2, 0.25) is 5.91 Å². The molecule has 0 radical (unpaired) electrons. The van der Waals surface area contributed by atoms with Crippen molar-refractivity contribution in [3.63, 3.8) is 0 Å². The minimum Gasteiger partial charge on any atom is -0.465 e. The van der Waals surface area contributed by atoms with Crippen LogP contribution < -0.4 is 10.2 Å². The third kappa shape index (κ3) is 4.93. The van der Waals surface area contributed by atoms with Crippen LogP contribution in [0.5, 0.6) is 0 Å². The fourth-order valence-corrected chi connectivity index (χ4v) is 3.52. The zero-order chi connectivity index (χ0) is 21.0. The molecule has 0 bridgehead atoms. The van der Waals surface area contributed by atoms with Gasteiger partial charge in [0.15, 0.2) is 0 Å². The van der Waals surface area contributed by atoms with Gasteiger partial charge < -0.3 is 15.0 Å². The number of nitrogens with zero attached hydrogens (tertiary/aromatic N) is 3. The lowest BCUT2D eigenvalue weighted by molar-refractivity contribution is -0.119. The topological polar surface area (TPSA) is 84.4 Å². The van der Waals surface area contributed by atoms with E-state index in [1.807, 2.05) is 0 Å². The number of benzene rings is 2. The van der Waals surface area contributed by atoms with Crippen LogP contribution in [0.1, 0.15) is 16.1 Å². The number of carbonyl (C=O) groups is 2. The second-order valence-corrected chi connectivity index (χ2v) is 7.16.